The summed E-state index contributed by atoms with van der Waals surface area (Å²) in [6.07, 6.45) is 2.19. The van der Waals surface area contributed by atoms with Crippen LogP contribution in [-0.4, -0.2) is 57.5 Å². The van der Waals surface area contributed by atoms with Gasteiger partial charge in [-0.25, -0.2) is 8.42 Å². The maximum Gasteiger partial charge on any atom is 0.221 e. The van der Waals surface area contributed by atoms with E-state index >= 15 is 0 Å². The number of rotatable bonds is 2. The van der Waals surface area contributed by atoms with E-state index in [4.69, 9.17) is 9.47 Å². The molecule has 0 aromatic carbocycles. The Kier molecular flexibility index (Phi) is 2.51. The van der Waals surface area contributed by atoms with Crippen LogP contribution < -0.4 is 0 Å². The highest BCUT2D eigenvalue weighted by molar-refractivity contribution is 7.89. The van der Waals surface area contributed by atoms with E-state index in [9.17, 15) is 8.42 Å². The third-order valence-corrected chi connectivity index (χ3v) is 5.90. The monoisotopic (exact) mass is 247 g/mol. The Labute approximate surface area is 95.8 Å². The van der Waals surface area contributed by atoms with Crippen molar-refractivity contribution in [2.24, 2.45) is 5.41 Å². The van der Waals surface area contributed by atoms with Crippen molar-refractivity contribution in [3.05, 3.63) is 0 Å². The smallest absolute Gasteiger partial charge is 0.221 e. The number of hydrogen-bond donors (Lipinski definition) is 0. The average Bonchev–Trinajstić information content (AvgIpc) is 2.91. The van der Waals surface area contributed by atoms with Crippen LogP contribution in [-0.2, 0) is 19.5 Å². The molecular formula is C10H17NO4S. The normalized spacial score (nSPS) is 31.0. The Morgan fingerprint density at radius 3 is 2.50 bits per heavy atom. The summed E-state index contributed by atoms with van der Waals surface area (Å²) in [5.74, 6) is 0. The third-order valence-electron chi connectivity index (χ3n) is 3.75. The fraction of sp³-hybridized carbons (Fsp3) is 1.00. The minimum absolute atomic E-state index is 0.133. The van der Waals surface area contributed by atoms with Crippen LogP contribution in [0.4, 0.5) is 0 Å². The van der Waals surface area contributed by atoms with Crippen LogP contribution in [0.25, 0.3) is 0 Å². The summed E-state index contributed by atoms with van der Waals surface area (Å²) in [7, 11) is -3.15. The van der Waals surface area contributed by atoms with Crippen LogP contribution in [0.1, 0.15) is 12.8 Å². The summed E-state index contributed by atoms with van der Waals surface area (Å²) in [6, 6.07) is 0. The topological polar surface area (TPSA) is 55.8 Å². The molecule has 1 saturated carbocycles. The van der Waals surface area contributed by atoms with Crippen molar-refractivity contribution < 1.29 is 17.9 Å². The number of sulfonamides is 1. The lowest BCUT2D eigenvalue weighted by Gasteiger charge is -2.32. The zero-order valence-corrected chi connectivity index (χ0v) is 10.0. The zero-order chi connectivity index (χ0) is 11.2. The molecule has 2 heterocycles. The number of nitrogens with zero attached hydrogens (tertiary/aromatic N) is 1. The Morgan fingerprint density at radius 2 is 1.94 bits per heavy atom. The molecule has 2 saturated heterocycles. The zero-order valence-electron chi connectivity index (χ0n) is 9.22. The maximum absolute atomic E-state index is 12.2. The molecule has 5 nitrogen and oxygen atoms in total. The molecule has 0 amide bonds. The van der Waals surface area contributed by atoms with Gasteiger partial charge >= 0.3 is 0 Å². The molecule has 3 aliphatic rings. The molecule has 6 heteroatoms. The van der Waals surface area contributed by atoms with Crippen LogP contribution in [0.3, 0.4) is 0 Å². The van der Waals surface area contributed by atoms with Gasteiger partial charge in [0.05, 0.1) is 26.4 Å². The van der Waals surface area contributed by atoms with E-state index in [1.165, 1.54) is 0 Å². The molecule has 3 rings (SSSR count). The molecule has 2 aliphatic heterocycles. The molecule has 0 N–H and O–H groups in total. The molecule has 0 radical (unpaired) electrons. The lowest BCUT2D eigenvalue weighted by atomic mass is 10.1. The minimum Gasteiger partial charge on any atom is -0.379 e. The first-order valence-corrected chi connectivity index (χ1v) is 7.27. The molecule has 92 valence electrons. The summed E-state index contributed by atoms with van der Waals surface area (Å²) in [4.78, 5) is 0. The van der Waals surface area contributed by atoms with Crippen LogP contribution >= 0.6 is 0 Å². The van der Waals surface area contributed by atoms with Crippen molar-refractivity contribution >= 4 is 10.0 Å². The highest BCUT2D eigenvalue weighted by Gasteiger charge is 2.49. The molecule has 0 aromatic heterocycles. The first-order valence-electron chi connectivity index (χ1n) is 5.77. The Hall–Kier alpha value is -0.170. The second kappa shape index (κ2) is 3.66. The Bertz CT molecular complexity index is 372. The molecule has 0 bridgehead atoms. The second-order valence-corrected chi connectivity index (χ2v) is 7.30. The summed E-state index contributed by atoms with van der Waals surface area (Å²) in [6.45, 7) is 3.10. The molecule has 16 heavy (non-hydrogen) atoms. The average molecular weight is 247 g/mol. The lowest BCUT2D eigenvalue weighted by molar-refractivity contribution is 0.0390. The Balaban J connectivity index is 1.77. The first kappa shape index (κ1) is 11.0. The summed E-state index contributed by atoms with van der Waals surface area (Å²) >= 11 is 0. The molecule has 1 spiro atoms. The maximum atomic E-state index is 12.2. The molecule has 0 aromatic rings. The standard InChI is InChI=1S/C10H17NO4S/c12-16(13,9-5-15-6-9)11-3-4-14-8-10(7-11)1-2-10/h9H,1-8H2. The molecule has 0 atom stereocenters. The largest absolute Gasteiger partial charge is 0.379 e. The van der Waals surface area contributed by atoms with Crippen LogP contribution in [0.2, 0.25) is 0 Å². The van der Waals surface area contributed by atoms with Crippen molar-refractivity contribution in [2.75, 3.05) is 39.5 Å². The van der Waals surface area contributed by atoms with E-state index in [1.807, 2.05) is 0 Å². The minimum atomic E-state index is -3.15. The summed E-state index contributed by atoms with van der Waals surface area (Å²) in [5, 5.41) is -0.318. The van der Waals surface area contributed by atoms with Gasteiger partial charge in [-0.1, -0.05) is 0 Å². The van der Waals surface area contributed by atoms with E-state index in [0.29, 0.717) is 32.9 Å². The van der Waals surface area contributed by atoms with Crippen molar-refractivity contribution in [3.63, 3.8) is 0 Å². The predicted octanol–water partition coefficient (Wildman–Crippen LogP) is -0.173. The number of ether oxygens (including phenoxy) is 2. The van der Waals surface area contributed by atoms with Gasteiger partial charge in [-0.3, -0.25) is 0 Å². The SMILES string of the molecule is O=S(=O)(C1COC1)N1CCOCC2(CC2)C1. The fourth-order valence-electron chi connectivity index (χ4n) is 2.25. The second-order valence-electron chi connectivity index (χ2n) is 5.09. The van der Waals surface area contributed by atoms with Gasteiger partial charge < -0.3 is 9.47 Å². The van der Waals surface area contributed by atoms with E-state index in [-0.39, 0.29) is 10.7 Å². The molecule has 1 aliphatic carbocycles. The summed E-state index contributed by atoms with van der Waals surface area (Å²) in [5.41, 5.74) is 0.133. The first-order chi connectivity index (χ1) is 7.62. The molecular weight excluding hydrogens is 230 g/mol. The van der Waals surface area contributed by atoms with Gasteiger partial charge in [0.25, 0.3) is 0 Å². The van der Waals surface area contributed by atoms with Gasteiger partial charge in [-0.15, -0.1) is 0 Å². The number of hydrogen-bond acceptors (Lipinski definition) is 4. The molecule has 0 unspecified atom stereocenters. The summed E-state index contributed by atoms with van der Waals surface area (Å²) < 4.78 is 36.5. The van der Waals surface area contributed by atoms with Gasteiger partial charge in [0.1, 0.15) is 5.25 Å². The van der Waals surface area contributed by atoms with Crippen LogP contribution in [0, 0.1) is 5.41 Å². The van der Waals surface area contributed by atoms with Crippen molar-refractivity contribution in [3.8, 4) is 0 Å². The van der Waals surface area contributed by atoms with Gasteiger partial charge in [0.2, 0.25) is 10.0 Å². The predicted molar refractivity (Wildman–Crippen MR) is 57.6 cm³/mol. The van der Waals surface area contributed by atoms with Gasteiger partial charge in [-0.05, 0) is 12.8 Å². The molecule has 3 fully saturated rings. The van der Waals surface area contributed by atoms with E-state index in [0.717, 1.165) is 19.4 Å². The fourth-order valence-corrected chi connectivity index (χ4v) is 3.99. The van der Waals surface area contributed by atoms with Crippen molar-refractivity contribution in [2.45, 2.75) is 18.1 Å². The van der Waals surface area contributed by atoms with Crippen LogP contribution in [0.5, 0.6) is 0 Å². The quantitative estimate of drug-likeness (QED) is 0.679. The van der Waals surface area contributed by atoms with Crippen LogP contribution in [0.15, 0.2) is 0 Å². The third kappa shape index (κ3) is 1.77. The van der Waals surface area contributed by atoms with E-state index in [1.54, 1.807) is 4.31 Å². The van der Waals surface area contributed by atoms with Gasteiger partial charge in [0, 0.05) is 18.5 Å². The lowest BCUT2D eigenvalue weighted by Crippen LogP contribution is -2.50. The van der Waals surface area contributed by atoms with Crippen molar-refractivity contribution in [1.29, 1.82) is 0 Å². The van der Waals surface area contributed by atoms with Gasteiger partial charge in [0.15, 0.2) is 0 Å². The van der Waals surface area contributed by atoms with Gasteiger partial charge in [-0.2, -0.15) is 4.31 Å². The Morgan fingerprint density at radius 1 is 1.19 bits per heavy atom. The van der Waals surface area contributed by atoms with Crippen molar-refractivity contribution in [1.82, 2.24) is 4.31 Å². The highest BCUT2D eigenvalue weighted by atomic mass is 32.2. The highest BCUT2D eigenvalue weighted by Crippen LogP contribution is 2.47. The van der Waals surface area contributed by atoms with E-state index < -0.39 is 10.0 Å². The van der Waals surface area contributed by atoms with E-state index in [2.05, 4.69) is 0 Å².